The molecule has 0 aliphatic carbocycles. The average molecular weight is 631 g/mol. The van der Waals surface area contributed by atoms with Gasteiger partial charge in [-0.15, -0.1) is 0 Å². The lowest BCUT2D eigenvalue weighted by Gasteiger charge is -2.31. The molecule has 0 spiro atoms. The number of nitrogens with zero attached hydrogens (tertiary/aromatic N) is 7. The third-order valence-corrected chi connectivity index (χ3v) is 7.83. The third-order valence-electron chi connectivity index (χ3n) is 7.83. The molecule has 1 aliphatic rings. The van der Waals surface area contributed by atoms with Crippen molar-refractivity contribution in [3.05, 3.63) is 146 Å². The monoisotopic (exact) mass is 630 g/mol. The second-order valence-corrected chi connectivity index (χ2v) is 11.0. The summed E-state index contributed by atoms with van der Waals surface area (Å²) in [5, 5.41) is 19.9. The summed E-state index contributed by atoms with van der Waals surface area (Å²) >= 11 is 0. The van der Waals surface area contributed by atoms with E-state index in [1.165, 1.54) is 0 Å². The number of aliphatic hydroxyl groups is 1. The molecule has 2 N–H and O–H groups in total. The molecule has 5 rings (SSSR count). The van der Waals surface area contributed by atoms with Crippen LogP contribution in [0.15, 0.2) is 112 Å². The van der Waals surface area contributed by atoms with Gasteiger partial charge in [-0.3, -0.25) is 4.79 Å². The maximum atomic E-state index is 14.6. The number of aliphatic imine (C=N–C) groups is 1. The number of carbonyl (C=O) groups excluding carboxylic acids is 1. The Hall–Kier alpha value is -5.80. The Morgan fingerprint density at radius 2 is 1.64 bits per heavy atom. The van der Waals surface area contributed by atoms with E-state index in [1.807, 2.05) is 31.2 Å². The second-order valence-electron chi connectivity index (χ2n) is 11.0. The van der Waals surface area contributed by atoms with Gasteiger partial charge in [-0.05, 0) is 59.8 Å². The molecule has 0 unspecified atom stereocenters. The number of hydrogen-bond donors (Lipinski definition) is 2. The fraction of sp³-hybridized carbons (Fsp3) is 0.257. The van der Waals surface area contributed by atoms with Gasteiger partial charge >= 0.3 is 0 Å². The van der Waals surface area contributed by atoms with Gasteiger partial charge in [0, 0.05) is 58.3 Å². The maximum Gasteiger partial charge on any atom is 0.252 e. The molecule has 0 saturated carbocycles. The van der Waals surface area contributed by atoms with Crippen LogP contribution < -0.4 is 10.1 Å². The zero-order valence-electron chi connectivity index (χ0n) is 25.9. The molecule has 0 aromatic heterocycles. The summed E-state index contributed by atoms with van der Waals surface area (Å²) in [6.07, 6.45) is 0.0905. The molecule has 2 atom stereocenters. The molecule has 1 heterocycles. The van der Waals surface area contributed by atoms with Crippen LogP contribution in [0.5, 0.6) is 5.75 Å². The Labute approximate surface area is 272 Å². The molecular weight excluding hydrogens is 596 g/mol. The van der Waals surface area contributed by atoms with Crippen molar-refractivity contribution in [1.29, 1.82) is 0 Å². The molecule has 4 aromatic carbocycles. The third kappa shape index (κ3) is 7.71. The standard InChI is InChI=1S/C35H34N8O4/c1-24-11-13-25(14-12-24)19-20-38-34(45)35(23-27-7-2-4-9-30(27)40-42-36)32(29-8-3-5-10-31(29)41-43-37)47-33(39-35)26-15-17-28(18-16-26)46-22-6-21-44/h2-5,7-18,32,44H,6,19-23H2,1H3,(H,38,45)/t32-,35-/m1/s1. The number of aliphatic hydroxyl groups excluding tert-OH is 1. The zero-order valence-corrected chi connectivity index (χ0v) is 25.9. The number of azide groups is 2. The maximum absolute atomic E-state index is 14.6. The summed E-state index contributed by atoms with van der Waals surface area (Å²) in [5.41, 5.74) is 21.6. The lowest BCUT2D eigenvalue weighted by molar-refractivity contribution is -0.128. The van der Waals surface area contributed by atoms with Gasteiger partial charge in [0.05, 0.1) is 6.61 Å². The Balaban J connectivity index is 1.60. The molecule has 47 heavy (non-hydrogen) atoms. The normalized spacial score (nSPS) is 16.6. The Bertz CT molecular complexity index is 1830. The van der Waals surface area contributed by atoms with Crippen LogP contribution in [0.1, 0.15) is 40.3 Å². The van der Waals surface area contributed by atoms with Crippen molar-refractivity contribution in [2.24, 2.45) is 15.2 Å². The molecule has 12 heteroatoms. The summed E-state index contributed by atoms with van der Waals surface area (Å²) in [7, 11) is 0. The van der Waals surface area contributed by atoms with Crippen LogP contribution in [0.2, 0.25) is 0 Å². The fourth-order valence-corrected chi connectivity index (χ4v) is 5.43. The lowest BCUT2D eigenvalue weighted by Crippen LogP contribution is -2.50. The molecule has 0 saturated heterocycles. The molecule has 12 nitrogen and oxygen atoms in total. The number of amides is 1. The first-order valence-corrected chi connectivity index (χ1v) is 15.2. The van der Waals surface area contributed by atoms with E-state index in [1.54, 1.807) is 72.8 Å². The summed E-state index contributed by atoms with van der Waals surface area (Å²) in [6, 6.07) is 29.1. The van der Waals surface area contributed by atoms with Crippen molar-refractivity contribution in [1.82, 2.24) is 5.32 Å². The quantitative estimate of drug-likeness (QED) is 0.0634. The molecule has 0 radical (unpaired) electrons. The Morgan fingerprint density at radius 1 is 0.957 bits per heavy atom. The minimum Gasteiger partial charge on any atom is -0.494 e. The SMILES string of the molecule is Cc1ccc(CCNC(=O)[C@]2(Cc3ccccc3N=[N+]=[N-])N=C(c3ccc(OCCCO)cc3)O[C@@H]2c2ccccc2N=[N+]=[N-])cc1. The van der Waals surface area contributed by atoms with Crippen LogP contribution in [0.4, 0.5) is 11.4 Å². The molecule has 1 aliphatic heterocycles. The molecule has 4 aromatic rings. The van der Waals surface area contributed by atoms with E-state index in [0.29, 0.717) is 59.8 Å². The van der Waals surface area contributed by atoms with Gasteiger partial charge in [0.1, 0.15) is 5.75 Å². The summed E-state index contributed by atoms with van der Waals surface area (Å²) in [6.45, 7) is 2.74. The van der Waals surface area contributed by atoms with Gasteiger partial charge in [-0.2, -0.15) is 0 Å². The van der Waals surface area contributed by atoms with Gasteiger partial charge in [-0.25, -0.2) is 4.99 Å². The van der Waals surface area contributed by atoms with E-state index in [2.05, 4.69) is 25.4 Å². The zero-order chi connectivity index (χ0) is 33.1. The van der Waals surface area contributed by atoms with Crippen molar-refractivity contribution in [3.8, 4) is 5.75 Å². The highest BCUT2D eigenvalue weighted by atomic mass is 16.5. The fourth-order valence-electron chi connectivity index (χ4n) is 5.43. The van der Waals surface area contributed by atoms with Crippen molar-refractivity contribution in [2.75, 3.05) is 19.8 Å². The van der Waals surface area contributed by atoms with E-state index in [-0.39, 0.29) is 18.9 Å². The van der Waals surface area contributed by atoms with Crippen molar-refractivity contribution in [3.63, 3.8) is 0 Å². The van der Waals surface area contributed by atoms with E-state index in [0.717, 1.165) is 11.1 Å². The van der Waals surface area contributed by atoms with E-state index >= 15 is 0 Å². The first-order chi connectivity index (χ1) is 23.0. The summed E-state index contributed by atoms with van der Waals surface area (Å²) in [5.74, 6) is 0.414. The molecule has 0 bridgehead atoms. The highest BCUT2D eigenvalue weighted by Crippen LogP contribution is 2.46. The topological polar surface area (TPSA) is 178 Å². The van der Waals surface area contributed by atoms with Crippen LogP contribution >= 0.6 is 0 Å². The predicted molar refractivity (Wildman–Crippen MR) is 179 cm³/mol. The number of ether oxygens (including phenoxy) is 2. The number of aryl methyl sites for hydroxylation is 1. The van der Waals surface area contributed by atoms with Crippen molar-refractivity contribution >= 4 is 23.2 Å². The van der Waals surface area contributed by atoms with Crippen LogP contribution in [-0.2, 0) is 22.4 Å². The van der Waals surface area contributed by atoms with E-state index in [4.69, 9.17) is 19.6 Å². The first-order valence-electron chi connectivity index (χ1n) is 15.2. The highest BCUT2D eigenvalue weighted by molar-refractivity contribution is 6.01. The number of rotatable bonds is 14. The highest BCUT2D eigenvalue weighted by Gasteiger charge is 2.54. The largest absolute Gasteiger partial charge is 0.494 e. The van der Waals surface area contributed by atoms with Gasteiger partial charge < -0.3 is 19.9 Å². The van der Waals surface area contributed by atoms with E-state index < -0.39 is 17.6 Å². The molecule has 1 amide bonds. The summed E-state index contributed by atoms with van der Waals surface area (Å²) < 4.78 is 12.3. The smallest absolute Gasteiger partial charge is 0.252 e. The van der Waals surface area contributed by atoms with Gasteiger partial charge in [0.2, 0.25) is 5.90 Å². The van der Waals surface area contributed by atoms with Crippen LogP contribution in [0.25, 0.3) is 20.9 Å². The second kappa shape index (κ2) is 15.5. The van der Waals surface area contributed by atoms with Crippen molar-refractivity contribution in [2.45, 2.75) is 37.8 Å². The first kappa shape index (κ1) is 32.6. The average Bonchev–Trinajstić information content (AvgIpc) is 3.47. The number of carbonyl (C=O) groups is 1. The number of benzene rings is 4. The van der Waals surface area contributed by atoms with Crippen LogP contribution in [0.3, 0.4) is 0 Å². The van der Waals surface area contributed by atoms with E-state index in [9.17, 15) is 15.9 Å². The van der Waals surface area contributed by atoms with Gasteiger partial charge in [0.25, 0.3) is 5.91 Å². The number of nitrogens with one attached hydrogen (secondary N) is 1. The van der Waals surface area contributed by atoms with Crippen molar-refractivity contribution < 1.29 is 19.4 Å². The summed E-state index contributed by atoms with van der Waals surface area (Å²) in [4.78, 5) is 25.6. The minimum atomic E-state index is -1.60. The molecule has 0 fully saturated rings. The van der Waals surface area contributed by atoms with Gasteiger partial charge in [-0.1, -0.05) is 88.6 Å². The Morgan fingerprint density at radius 3 is 2.36 bits per heavy atom. The number of hydrogen-bond acceptors (Lipinski definition) is 7. The minimum absolute atomic E-state index is 0.0136. The Kier molecular flexibility index (Phi) is 10.7. The predicted octanol–water partition coefficient (Wildman–Crippen LogP) is 7.50. The van der Waals surface area contributed by atoms with Gasteiger partial charge in [0.15, 0.2) is 11.6 Å². The molecular formula is C35H34N8O4. The van der Waals surface area contributed by atoms with Crippen LogP contribution in [-0.4, -0.2) is 42.2 Å². The molecule has 238 valence electrons. The van der Waals surface area contributed by atoms with Crippen LogP contribution in [0, 0.1) is 6.92 Å². The lowest BCUT2D eigenvalue weighted by atomic mass is 9.81.